The van der Waals surface area contributed by atoms with Crippen molar-refractivity contribution in [1.82, 2.24) is 10.3 Å². The average Bonchev–Trinajstić information content (AvgIpc) is 3.11. The lowest BCUT2D eigenvalue weighted by Crippen LogP contribution is -2.37. The molecule has 1 amide bonds. The minimum absolute atomic E-state index is 0.195. The van der Waals surface area contributed by atoms with E-state index in [9.17, 15) is 14.4 Å². The summed E-state index contributed by atoms with van der Waals surface area (Å²) >= 11 is 0. The van der Waals surface area contributed by atoms with Crippen molar-refractivity contribution in [3.8, 4) is 17.7 Å². The minimum Gasteiger partial charge on any atom is -0.439 e. The van der Waals surface area contributed by atoms with E-state index >= 15 is 0 Å². The molecule has 0 spiro atoms. The Kier molecular flexibility index (Phi) is 4.94. The zero-order valence-electron chi connectivity index (χ0n) is 13.7. The Balaban J connectivity index is 1.71. The van der Waals surface area contributed by atoms with Crippen LogP contribution in [0.25, 0.3) is 0 Å². The summed E-state index contributed by atoms with van der Waals surface area (Å²) in [5, 5.41) is 12.2. The summed E-state index contributed by atoms with van der Waals surface area (Å²) in [5.74, 6) is -0.0325. The molecule has 3 rings (SSSR count). The summed E-state index contributed by atoms with van der Waals surface area (Å²) in [6, 6.07) is 11.4. The van der Waals surface area contributed by atoms with Crippen LogP contribution in [0.4, 0.5) is 4.39 Å². The average molecular weight is 339 g/mol. The number of amides is 1. The number of pyridine rings is 1. The number of rotatable bonds is 5. The molecule has 6 heteroatoms. The fraction of sp³-hybridized carbons (Fsp3) is 0.316. The second-order valence-corrected chi connectivity index (χ2v) is 6.11. The molecule has 2 aromatic rings. The third kappa shape index (κ3) is 3.77. The first-order valence-electron chi connectivity index (χ1n) is 8.20. The quantitative estimate of drug-likeness (QED) is 0.901. The van der Waals surface area contributed by atoms with Crippen LogP contribution in [0.5, 0.6) is 11.6 Å². The summed E-state index contributed by atoms with van der Waals surface area (Å²) in [7, 11) is 0. The van der Waals surface area contributed by atoms with Gasteiger partial charge in [-0.3, -0.25) is 4.79 Å². The number of nitriles is 1. The first-order chi connectivity index (χ1) is 12.1. The molecule has 0 atom stereocenters. The van der Waals surface area contributed by atoms with Crippen LogP contribution in [0.1, 0.15) is 31.2 Å². The highest BCUT2D eigenvalue weighted by Crippen LogP contribution is 2.37. The van der Waals surface area contributed by atoms with Crippen LogP contribution in [0.15, 0.2) is 42.6 Å². The van der Waals surface area contributed by atoms with E-state index in [1.54, 1.807) is 30.5 Å². The molecule has 0 radical (unpaired) electrons. The van der Waals surface area contributed by atoms with Gasteiger partial charge in [0, 0.05) is 24.4 Å². The summed E-state index contributed by atoms with van der Waals surface area (Å²) in [4.78, 5) is 16.6. The van der Waals surface area contributed by atoms with Crippen LogP contribution in [-0.2, 0) is 11.3 Å². The van der Waals surface area contributed by atoms with E-state index in [2.05, 4.69) is 16.4 Å². The lowest BCUT2D eigenvalue weighted by atomic mass is 9.87. The fourth-order valence-electron chi connectivity index (χ4n) is 3.01. The van der Waals surface area contributed by atoms with Crippen LogP contribution in [0.3, 0.4) is 0 Å². The lowest BCUT2D eigenvalue weighted by molar-refractivity contribution is -0.128. The van der Waals surface area contributed by atoms with Gasteiger partial charge in [0.05, 0.1) is 6.07 Å². The molecule has 1 fully saturated rings. The number of ether oxygens (including phenoxy) is 1. The lowest BCUT2D eigenvalue weighted by Gasteiger charge is -2.19. The number of hydrogen-bond donors (Lipinski definition) is 1. The molecular formula is C19H18FN3O2. The number of carbonyl (C=O) groups excluding carboxylic acids is 1. The van der Waals surface area contributed by atoms with Crippen molar-refractivity contribution in [2.24, 2.45) is 5.41 Å². The third-order valence-corrected chi connectivity index (χ3v) is 4.41. The molecule has 0 unspecified atom stereocenters. The number of hydrogen-bond acceptors (Lipinski definition) is 4. The van der Waals surface area contributed by atoms with Gasteiger partial charge in [0.2, 0.25) is 11.8 Å². The largest absolute Gasteiger partial charge is 0.439 e. The van der Waals surface area contributed by atoms with Crippen molar-refractivity contribution in [2.45, 2.75) is 32.2 Å². The zero-order valence-corrected chi connectivity index (χ0v) is 13.7. The van der Waals surface area contributed by atoms with Crippen LogP contribution in [0.2, 0.25) is 0 Å². The topological polar surface area (TPSA) is 75.0 Å². The van der Waals surface area contributed by atoms with Gasteiger partial charge in [-0.15, -0.1) is 0 Å². The normalized spacial score (nSPS) is 15.4. The maximum absolute atomic E-state index is 13.3. The van der Waals surface area contributed by atoms with Gasteiger partial charge in [0.15, 0.2) is 0 Å². The number of nitrogens with zero attached hydrogens (tertiary/aromatic N) is 2. The molecular weight excluding hydrogens is 321 g/mol. The maximum atomic E-state index is 13.3. The van der Waals surface area contributed by atoms with Crippen LogP contribution in [-0.4, -0.2) is 10.9 Å². The van der Waals surface area contributed by atoms with Crippen molar-refractivity contribution < 1.29 is 13.9 Å². The fourth-order valence-corrected chi connectivity index (χ4v) is 3.01. The van der Waals surface area contributed by atoms with E-state index in [0.717, 1.165) is 12.8 Å². The van der Waals surface area contributed by atoms with E-state index in [1.165, 1.54) is 12.1 Å². The SMILES string of the molecule is N#CC1(C(=O)NCc2cccnc2Oc2cccc(F)c2)CCCC1. The zero-order chi connectivity index (χ0) is 17.7. The molecule has 1 aromatic carbocycles. The Labute approximate surface area is 145 Å². The summed E-state index contributed by atoms with van der Waals surface area (Å²) < 4.78 is 18.9. The monoisotopic (exact) mass is 339 g/mol. The Hall–Kier alpha value is -2.94. The van der Waals surface area contributed by atoms with E-state index in [1.807, 2.05) is 0 Å². The number of benzene rings is 1. The molecule has 5 nitrogen and oxygen atoms in total. The predicted molar refractivity (Wildman–Crippen MR) is 89.1 cm³/mol. The van der Waals surface area contributed by atoms with E-state index in [-0.39, 0.29) is 12.5 Å². The van der Waals surface area contributed by atoms with Gasteiger partial charge in [0.1, 0.15) is 17.0 Å². The minimum atomic E-state index is -0.925. The second kappa shape index (κ2) is 7.31. The van der Waals surface area contributed by atoms with Crippen LogP contribution in [0, 0.1) is 22.6 Å². The van der Waals surface area contributed by atoms with E-state index < -0.39 is 11.2 Å². The highest BCUT2D eigenvalue weighted by atomic mass is 19.1. The Morgan fingerprint density at radius 2 is 2.12 bits per heavy atom. The number of carbonyl (C=O) groups is 1. The van der Waals surface area contributed by atoms with Crippen molar-refractivity contribution in [3.05, 3.63) is 54.0 Å². The number of nitrogens with one attached hydrogen (secondary N) is 1. The number of halogens is 1. The standard InChI is InChI=1S/C19H18FN3O2/c20-15-6-3-7-16(11-15)25-17-14(5-4-10-22-17)12-23-18(24)19(13-21)8-1-2-9-19/h3-7,10-11H,1-2,8-9,12H2,(H,23,24). The summed E-state index contributed by atoms with van der Waals surface area (Å²) in [5.41, 5.74) is -0.266. The van der Waals surface area contributed by atoms with E-state index in [4.69, 9.17) is 4.74 Å². The third-order valence-electron chi connectivity index (χ3n) is 4.41. The Bertz CT molecular complexity index is 810. The first-order valence-corrected chi connectivity index (χ1v) is 8.20. The number of aromatic nitrogens is 1. The van der Waals surface area contributed by atoms with Crippen molar-refractivity contribution in [3.63, 3.8) is 0 Å². The molecule has 128 valence electrons. The Morgan fingerprint density at radius 3 is 2.84 bits per heavy atom. The molecule has 0 bridgehead atoms. The second-order valence-electron chi connectivity index (χ2n) is 6.11. The first kappa shape index (κ1) is 16.9. The highest BCUT2D eigenvalue weighted by molar-refractivity contribution is 5.85. The highest BCUT2D eigenvalue weighted by Gasteiger charge is 2.41. The van der Waals surface area contributed by atoms with Crippen molar-refractivity contribution in [1.29, 1.82) is 5.26 Å². The van der Waals surface area contributed by atoms with Gasteiger partial charge in [-0.05, 0) is 31.0 Å². The van der Waals surface area contributed by atoms with Gasteiger partial charge < -0.3 is 10.1 Å². The van der Waals surface area contributed by atoms with Crippen molar-refractivity contribution in [2.75, 3.05) is 0 Å². The smallest absolute Gasteiger partial charge is 0.240 e. The molecule has 1 N–H and O–H groups in total. The molecule has 25 heavy (non-hydrogen) atoms. The van der Waals surface area contributed by atoms with Gasteiger partial charge in [0.25, 0.3) is 0 Å². The summed E-state index contributed by atoms with van der Waals surface area (Å²) in [6.45, 7) is 0.195. The molecule has 1 aromatic heterocycles. The van der Waals surface area contributed by atoms with Crippen LogP contribution < -0.4 is 10.1 Å². The predicted octanol–water partition coefficient (Wildman–Crippen LogP) is 3.71. The van der Waals surface area contributed by atoms with Gasteiger partial charge in [-0.2, -0.15) is 5.26 Å². The molecule has 1 heterocycles. The van der Waals surface area contributed by atoms with Crippen molar-refractivity contribution >= 4 is 5.91 Å². The molecule has 0 saturated heterocycles. The Morgan fingerprint density at radius 1 is 1.32 bits per heavy atom. The maximum Gasteiger partial charge on any atom is 0.240 e. The van der Waals surface area contributed by atoms with E-state index in [0.29, 0.717) is 30.0 Å². The van der Waals surface area contributed by atoms with Gasteiger partial charge in [-0.1, -0.05) is 25.0 Å². The molecule has 1 saturated carbocycles. The summed E-state index contributed by atoms with van der Waals surface area (Å²) in [6.07, 6.45) is 4.53. The molecule has 0 aliphatic heterocycles. The molecule has 1 aliphatic rings. The van der Waals surface area contributed by atoms with Gasteiger partial charge >= 0.3 is 0 Å². The van der Waals surface area contributed by atoms with Gasteiger partial charge in [-0.25, -0.2) is 9.37 Å². The molecule has 1 aliphatic carbocycles. The van der Waals surface area contributed by atoms with Crippen LogP contribution >= 0.6 is 0 Å².